The van der Waals surface area contributed by atoms with Crippen molar-refractivity contribution < 1.29 is 9.47 Å². The van der Waals surface area contributed by atoms with Gasteiger partial charge in [0.15, 0.2) is 11.3 Å². The van der Waals surface area contributed by atoms with E-state index in [1.54, 1.807) is 18.0 Å². The van der Waals surface area contributed by atoms with Gasteiger partial charge in [-0.15, -0.1) is 0 Å². The van der Waals surface area contributed by atoms with Crippen LogP contribution in [0.2, 0.25) is 0 Å². The predicted octanol–water partition coefficient (Wildman–Crippen LogP) is 3.72. The number of hydrogen-bond donors (Lipinski definition) is 0. The Hall–Kier alpha value is -3.78. The summed E-state index contributed by atoms with van der Waals surface area (Å²) in [5.41, 5.74) is 3.88. The van der Waals surface area contributed by atoms with Crippen molar-refractivity contribution in [2.24, 2.45) is 0 Å². The summed E-state index contributed by atoms with van der Waals surface area (Å²) in [5.74, 6) is 0.780. The smallest absolute Gasteiger partial charge is 0.265 e. The van der Waals surface area contributed by atoms with Crippen molar-refractivity contribution in [3.8, 4) is 11.4 Å². The van der Waals surface area contributed by atoms with Crippen LogP contribution in [0, 0.1) is 0 Å². The van der Waals surface area contributed by atoms with Crippen LogP contribution < -0.4 is 10.3 Å². The Labute approximate surface area is 184 Å². The zero-order valence-electron chi connectivity index (χ0n) is 18.0. The topological polar surface area (TPSA) is 84.1 Å². The normalized spacial score (nSPS) is 11.6. The Morgan fingerprint density at radius 2 is 1.72 bits per heavy atom. The Morgan fingerprint density at radius 3 is 2.44 bits per heavy atom. The Bertz CT molecular complexity index is 1470. The quantitative estimate of drug-likeness (QED) is 0.367. The fraction of sp³-hybridized carbons (Fsp3) is 0.250. The number of aromatic nitrogens is 5. The van der Waals surface area contributed by atoms with Gasteiger partial charge in [0.2, 0.25) is 0 Å². The lowest BCUT2D eigenvalue weighted by Gasteiger charge is -2.09. The standard InChI is InChI=1S/C24H23N5O3/c1-3-32-17-11-9-16(10-12-17)29-22-20(24(30)28(15-25-22)13-6-14-31-2)21-23(29)27-19-8-5-4-7-18(19)26-21/h4-5,7-12,15H,3,6,13-14H2,1-2H3. The molecule has 0 fully saturated rings. The average molecular weight is 429 g/mol. The molecule has 0 aliphatic rings. The molecule has 5 aromatic rings. The maximum absolute atomic E-state index is 13.4. The van der Waals surface area contributed by atoms with Crippen molar-refractivity contribution in [1.82, 2.24) is 24.1 Å². The molecule has 8 nitrogen and oxygen atoms in total. The van der Waals surface area contributed by atoms with E-state index in [2.05, 4.69) is 4.98 Å². The summed E-state index contributed by atoms with van der Waals surface area (Å²) in [6.07, 6.45) is 2.31. The maximum atomic E-state index is 13.4. The van der Waals surface area contributed by atoms with E-state index in [1.165, 1.54) is 0 Å². The third-order valence-corrected chi connectivity index (χ3v) is 5.38. The summed E-state index contributed by atoms with van der Waals surface area (Å²) in [5, 5.41) is 0.465. The van der Waals surface area contributed by atoms with E-state index in [0.717, 1.165) is 28.9 Å². The van der Waals surface area contributed by atoms with Crippen LogP contribution in [0.15, 0.2) is 59.7 Å². The Kier molecular flexibility index (Phi) is 5.28. The number of fused-ring (bicyclic) bond motifs is 4. The van der Waals surface area contributed by atoms with E-state index in [-0.39, 0.29) is 5.56 Å². The summed E-state index contributed by atoms with van der Waals surface area (Å²) in [7, 11) is 1.65. The monoisotopic (exact) mass is 429 g/mol. The highest BCUT2D eigenvalue weighted by Crippen LogP contribution is 2.29. The van der Waals surface area contributed by atoms with E-state index < -0.39 is 0 Å². The van der Waals surface area contributed by atoms with E-state index >= 15 is 0 Å². The minimum Gasteiger partial charge on any atom is -0.494 e. The molecule has 0 saturated carbocycles. The van der Waals surface area contributed by atoms with Gasteiger partial charge in [0, 0.05) is 25.9 Å². The van der Waals surface area contributed by atoms with Crippen LogP contribution in [0.5, 0.6) is 5.75 Å². The minimum atomic E-state index is -0.134. The zero-order valence-corrected chi connectivity index (χ0v) is 18.0. The lowest BCUT2D eigenvalue weighted by atomic mass is 10.3. The van der Waals surface area contributed by atoms with Crippen molar-refractivity contribution in [2.75, 3.05) is 20.3 Å². The second kappa shape index (κ2) is 8.39. The molecule has 2 aromatic carbocycles. The van der Waals surface area contributed by atoms with Crippen LogP contribution in [0.1, 0.15) is 13.3 Å². The van der Waals surface area contributed by atoms with Gasteiger partial charge in [0.1, 0.15) is 16.7 Å². The average Bonchev–Trinajstić information content (AvgIpc) is 3.14. The number of hydrogen-bond acceptors (Lipinski definition) is 6. The highest BCUT2D eigenvalue weighted by atomic mass is 16.5. The van der Waals surface area contributed by atoms with Crippen LogP contribution in [-0.4, -0.2) is 44.4 Å². The van der Waals surface area contributed by atoms with Crippen molar-refractivity contribution >= 4 is 33.2 Å². The van der Waals surface area contributed by atoms with E-state index in [0.29, 0.717) is 42.0 Å². The Morgan fingerprint density at radius 1 is 0.969 bits per heavy atom. The molecule has 0 bridgehead atoms. The molecule has 0 saturated heterocycles. The lowest BCUT2D eigenvalue weighted by Crippen LogP contribution is -2.21. The number of aryl methyl sites for hydroxylation is 1. The van der Waals surface area contributed by atoms with Gasteiger partial charge in [0.05, 0.1) is 24.0 Å². The van der Waals surface area contributed by atoms with Crippen LogP contribution in [0.25, 0.3) is 38.9 Å². The molecule has 3 heterocycles. The number of ether oxygens (including phenoxy) is 2. The largest absolute Gasteiger partial charge is 0.494 e. The summed E-state index contributed by atoms with van der Waals surface area (Å²) in [6.45, 7) is 3.63. The molecular formula is C24H23N5O3. The highest BCUT2D eigenvalue weighted by Gasteiger charge is 2.20. The fourth-order valence-corrected chi connectivity index (χ4v) is 3.91. The summed E-state index contributed by atoms with van der Waals surface area (Å²) in [6, 6.07) is 15.3. The van der Waals surface area contributed by atoms with Gasteiger partial charge in [-0.25, -0.2) is 15.0 Å². The van der Waals surface area contributed by atoms with Crippen LogP contribution >= 0.6 is 0 Å². The molecule has 0 unspecified atom stereocenters. The van der Waals surface area contributed by atoms with Crippen LogP contribution in [0.4, 0.5) is 0 Å². The number of rotatable bonds is 7. The van der Waals surface area contributed by atoms with Crippen LogP contribution in [-0.2, 0) is 11.3 Å². The first-order valence-electron chi connectivity index (χ1n) is 10.6. The molecule has 0 radical (unpaired) electrons. The molecule has 0 aliphatic heterocycles. The third kappa shape index (κ3) is 3.38. The van der Waals surface area contributed by atoms with Gasteiger partial charge >= 0.3 is 0 Å². The van der Waals surface area contributed by atoms with Crippen LogP contribution in [0.3, 0.4) is 0 Å². The number of methoxy groups -OCH3 is 1. The molecule has 0 atom stereocenters. The second-order valence-corrected chi connectivity index (χ2v) is 7.43. The second-order valence-electron chi connectivity index (χ2n) is 7.43. The van der Waals surface area contributed by atoms with Gasteiger partial charge < -0.3 is 9.47 Å². The van der Waals surface area contributed by atoms with E-state index in [4.69, 9.17) is 19.4 Å². The van der Waals surface area contributed by atoms with Crippen molar-refractivity contribution in [2.45, 2.75) is 19.9 Å². The van der Waals surface area contributed by atoms with Gasteiger partial charge in [-0.1, -0.05) is 12.1 Å². The van der Waals surface area contributed by atoms with Gasteiger partial charge in [0.25, 0.3) is 5.56 Å². The first-order valence-corrected chi connectivity index (χ1v) is 10.6. The third-order valence-electron chi connectivity index (χ3n) is 5.38. The van der Waals surface area contributed by atoms with Gasteiger partial charge in [-0.2, -0.15) is 0 Å². The lowest BCUT2D eigenvalue weighted by molar-refractivity contribution is 0.190. The van der Waals surface area contributed by atoms with Gasteiger partial charge in [-0.05, 0) is 49.7 Å². The first kappa shape index (κ1) is 20.1. The molecule has 0 spiro atoms. The first-order chi connectivity index (χ1) is 15.7. The molecule has 0 aliphatic carbocycles. The van der Waals surface area contributed by atoms with Crippen molar-refractivity contribution in [1.29, 1.82) is 0 Å². The number of nitrogens with zero attached hydrogens (tertiary/aromatic N) is 5. The van der Waals surface area contributed by atoms with Crippen molar-refractivity contribution in [3.63, 3.8) is 0 Å². The van der Waals surface area contributed by atoms with Gasteiger partial charge in [-0.3, -0.25) is 13.9 Å². The molecule has 5 rings (SSSR count). The minimum absolute atomic E-state index is 0.134. The van der Waals surface area contributed by atoms with E-state index in [1.807, 2.05) is 60.0 Å². The maximum Gasteiger partial charge on any atom is 0.265 e. The molecule has 3 aromatic heterocycles. The molecule has 0 amide bonds. The summed E-state index contributed by atoms with van der Waals surface area (Å²) >= 11 is 0. The molecular weight excluding hydrogens is 406 g/mol. The highest BCUT2D eigenvalue weighted by molar-refractivity contribution is 6.05. The summed E-state index contributed by atoms with van der Waals surface area (Å²) < 4.78 is 14.2. The summed E-state index contributed by atoms with van der Waals surface area (Å²) in [4.78, 5) is 27.8. The SMILES string of the molecule is CCOc1ccc(-n2c3nc4ccccc4nc3c3c(=O)n(CCCOC)cnc32)cc1. The van der Waals surface area contributed by atoms with Crippen molar-refractivity contribution in [3.05, 3.63) is 65.2 Å². The molecule has 32 heavy (non-hydrogen) atoms. The Balaban J connectivity index is 1.80. The molecule has 162 valence electrons. The number of para-hydroxylation sites is 2. The van der Waals surface area contributed by atoms with E-state index in [9.17, 15) is 4.79 Å². The number of benzene rings is 2. The fourth-order valence-electron chi connectivity index (χ4n) is 3.91. The molecule has 8 heteroatoms. The predicted molar refractivity (Wildman–Crippen MR) is 124 cm³/mol. The molecule has 0 N–H and O–H groups in total. The zero-order chi connectivity index (χ0) is 22.1.